The molecule has 0 aliphatic carbocycles. The Hall–Kier alpha value is -2.91. The third-order valence-electron chi connectivity index (χ3n) is 4.04. The number of nitrogens with one attached hydrogen (secondary N) is 1. The van der Waals surface area contributed by atoms with Gasteiger partial charge in [-0.15, -0.1) is 0 Å². The van der Waals surface area contributed by atoms with Crippen molar-refractivity contribution in [3.63, 3.8) is 0 Å². The summed E-state index contributed by atoms with van der Waals surface area (Å²) in [6.07, 6.45) is 0.222. The summed E-state index contributed by atoms with van der Waals surface area (Å²) in [5.41, 5.74) is 1.43. The molecule has 0 bridgehead atoms. The normalized spacial score (nSPS) is 11.8. The highest BCUT2D eigenvalue weighted by molar-refractivity contribution is 5.59. The first kappa shape index (κ1) is 17.9. The number of nitrogens with zero attached hydrogens (tertiary/aromatic N) is 6. The predicted octanol–water partition coefficient (Wildman–Crippen LogP) is 3.03. The maximum atomic E-state index is 13.2. The van der Waals surface area contributed by atoms with Crippen LogP contribution in [0.25, 0.3) is 11.3 Å². The summed E-state index contributed by atoms with van der Waals surface area (Å²) >= 11 is 0. The van der Waals surface area contributed by atoms with Gasteiger partial charge >= 0.3 is 6.18 Å². The van der Waals surface area contributed by atoms with Crippen LogP contribution in [-0.4, -0.2) is 29.5 Å². The fourth-order valence-corrected chi connectivity index (χ4v) is 2.38. The van der Waals surface area contributed by atoms with E-state index in [0.29, 0.717) is 12.1 Å². The second kappa shape index (κ2) is 6.77. The molecular weight excluding hydrogens is 347 g/mol. The lowest BCUT2D eigenvalue weighted by Gasteiger charge is -2.11. The highest BCUT2D eigenvalue weighted by atomic mass is 19.4. The van der Waals surface area contributed by atoms with E-state index in [9.17, 15) is 13.2 Å². The van der Waals surface area contributed by atoms with Gasteiger partial charge in [0.25, 0.3) is 0 Å². The lowest BCUT2D eigenvalue weighted by Crippen LogP contribution is -2.13. The molecule has 0 saturated heterocycles. The van der Waals surface area contributed by atoms with E-state index >= 15 is 0 Å². The summed E-state index contributed by atoms with van der Waals surface area (Å²) in [7, 11) is 1.79. The van der Waals surface area contributed by atoms with E-state index in [1.54, 1.807) is 28.8 Å². The zero-order chi connectivity index (χ0) is 18.9. The molecule has 0 saturated carbocycles. The molecule has 3 rings (SSSR count). The van der Waals surface area contributed by atoms with E-state index in [-0.39, 0.29) is 18.2 Å². The largest absolute Gasteiger partial charge is 0.433 e. The van der Waals surface area contributed by atoms with Crippen LogP contribution in [0.5, 0.6) is 0 Å². The maximum Gasteiger partial charge on any atom is 0.433 e. The number of hydrogen-bond acceptors (Lipinski definition) is 5. The molecule has 0 aliphatic rings. The van der Waals surface area contributed by atoms with Gasteiger partial charge in [0.15, 0.2) is 5.69 Å². The Kier molecular flexibility index (Phi) is 4.66. The summed E-state index contributed by atoms with van der Waals surface area (Å²) in [5, 5.41) is 11.0. The number of halogens is 3. The van der Waals surface area contributed by atoms with Crippen molar-refractivity contribution in [3.05, 3.63) is 41.6 Å². The van der Waals surface area contributed by atoms with Gasteiger partial charge in [0, 0.05) is 43.2 Å². The van der Waals surface area contributed by atoms with Crippen LogP contribution in [-0.2, 0) is 26.3 Å². The van der Waals surface area contributed by atoms with Crippen LogP contribution >= 0.6 is 0 Å². The Labute approximate surface area is 147 Å². The van der Waals surface area contributed by atoms with Gasteiger partial charge in [-0.1, -0.05) is 0 Å². The summed E-state index contributed by atoms with van der Waals surface area (Å²) in [5.74, 6) is -0.0951. The zero-order valence-electron chi connectivity index (χ0n) is 14.5. The molecule has 26 heavy (non-hydrogen) atoms. The monoisotopic (exact) mass is 365 g/mol. The number of aryl methyl sites for hydroxylation is 2. The van der Waals surface area contributed by atoms with Gasteiger partial charge in [-0.05, 0) is 19.9 Å². The second-order valence-electron chi connectivity index (χ2n) is 5.78. The molecule has 0 aromatic carbocycles. The first-order chi connectivity index (χ1) is 12.3. The quantitative estimate of drug-likeness (QED) is 0.752. The van der Waals surface area contributed by atoms with Crippen molar-refractivity contribution in [3.8, 4) is 11.3 Å². The lowest BCUT2D eigenvalue weighted by atomic mass is 10.2. The third-order valence-corrected chi connectivity index (χ3v) is 4.04. The van der Waals surface area contributed by atoms with Crippen molar-refractivity contribution in [1.29, 1.82) is 0 Å². The first-order valence-electron chi connectivity index (χ1n) is 7.98. The van der Waals surface area contributed by atoms with Crippen LogP contribution < -0.4 is 5.32 Å². The molecule has 0 unspecified atom stereocenters. The summed E-state index contributed by atoms with van der Waals surface area (Å²) in [6.45, 7) is 4.65. The molecule has 10 heteroatoms. The van der Waals surface area contributed by atoms with Crippen molar-refractivity contribution < 1.29 is 13.2 Å². The highest BCUT2D eigenvalue weighted by Crippen LogP contribution is 2.31. The van der Waals surface area contributed by atoms with Crippen molar-refractivity contribution in [2.45, 2.75) is 33.1 Å². The average Bonchev–Trinajstić information content (AvgIpc) is 3.20. The summed E-state index contributed by atoms with van der Waals surface area (Å²) in [6, 6.07) is 0.928. The number of rotatable bonds is 5. The van der Waals surface area contributed by atoms with Gasteiger partial charge in [-0.3, -0.25) is 9.36 Å². The van der Waals surface area contributed by atoms with Crippen molar-refractivity contribution in [2.75, 3.05) is 5.32 Å². The molecule has 1 N–H and O–H groups in total. The van der Waals surface area contributed by atoms with E-state index < -0.39 is 11.9 Å². The molecule has 0 radical (unpaired) electrons. The summed E-state index contributed by atoms with van der Waals surface area (Å²) < 4.78 is 43.0. The van der Waals surface area contributed by atoms with Gasteiger partial charge < -0.3 is 5.32 Å². The second-order valence-corrected chi connectivity index (χ2v) is 5.78. The third kappa shape index (κ3) is 3.68. The van der Waals surface area contributed by atoms with Crippen LogP contribution in [0.4, 0.5) is 19.1 Å². The molecule has 7 nitrogen and oxygen atoms in total. The zero-order valence-corrected chi connectivity index (χ0v) is 14.5. The van der Waals surface area contributed by atoms with Gasteiger partial charge in [-0.25, -0.2) is 9.97 Å². The minimum absolute atomic E-state index is 0.0951. The minimum Gasteiger partial charge on any atom is -0.350 e. The molecule has 3 aromatic heterocycles. The van der Waals surface area contributed by atoms with Gasteiger partial charge in [0.05, 0.1) is 18.1 Å². The maximum absolute atomic E-state index is 13.2. The Bertz CT molecular complexity index is 911. The lowest BCUT2D eigenvalue weighted by molar-refractivity contribution is -0.141. The average molecular weight is 365 g/mol. The Morgan fingerprint density at radius 3 is 2.50 bits per heavy atom. The summed E-state index contributed by atoms with van der Waals surface area (Å²) in [4.78, 5) is 7.82. The highest BCUT2D eigenvalue weighted by Gasteiger charge is 2.34. The Morgan fingerprint density at radius 2 is 1.92 bits per heavy atom. The van der Waals surface area contributed by atoms with Gasteiger partial charge in [0.1, 0.15) is 0 Å². The molecule has 0 spiro atoms. The molecule has 0 fully saturated rings. The van der Waals surface area contributed by atoms with Crippen LogP contribution in [0.15, 0.2) is 24.7 Å². The molecular formula is C16H18F3N7. The number of anilines is 1. The van der Waals surface area contributed by atoms with Crippen molar-refractivity contribution >= 4 is 5.95 Å². The van der Waals surface area contributed by atoms with Crippen molar-refractivity contribution in [1.82, 2.24) is 29.5 Å². The predicted molar refractivity (Wildman–Crippen MR) is 89.2 cm³/mol. The molecule has 0 aliphatic heterocycles. The van der Waals surface area contributed by atoms with E-state index in [2.05, 4.69) is 25.5 Å². The molecule has 3 heterocycles. The van der Waals surface area contributed by atoms with Gasteiger partial charge in [-0.2, -0.15) is 23.4 Å². The number of hydrogen-bond donors (Lipinski definition) is 1. The molecule has 0 atom stereocenters. The fourth-order valence-electron chi connectivity index (χ4n) is 2.38. The van der Waals surface area contributed by atoms with Crippen LogP contribution in [0, 0.1) is 6.92 Å². The standard InChI is InChI=1S/C16H18F3N7/c1-4-26-9-12(8-22-26)13-5-14(16(17,18)19)24-15(23-13)20-6-11-7-21-25(3)10(11)2/h5,7-9H,4,6H2,1-3H3,(H,20,23,24). The van der Waals surface area contributed by atoms with Gasteiger partial charge in [0.2, 0.25) is 5.95 Å². The van der Waals surface area contributed by atoms with Crippen LogP contribution in [0.2, 0.25) is 0 Å². The van der Waals surface area contributed by atoms with Crippen LogP contribution in [0.1, 0.15) is 23.9 Å². The first-order valence-corrected chi connectivity index (χ1v) is 7.98. The van der Waals surface area contributed by atoms with E-state index in [1.807, 2.05) is 13.8 Å². The van der Waals surface area contributed by atoms with E-state index in [0.717, 1.165) is 17.3 Å². The minimum atomic E-state index is -4.57. The molecule has 138 valence electrons. The number of aromatic nitrogens is 6. The van der Waals surface area contributed by atoms with E-state index in [1.165, 1.54) is 6.20 Å². The Morgan fingerprint density at radius 1 is 1.15 bits per heavy atom. The molecule has 0 amide bonds. The smallest absolute Gasteiger partial charge is 0.350 e. The molecule has 3 aromatic rings. The SMILES string of the molecule is CCn1cc(-c2cc(C(F)(F)F)nc(NCc3cnn(C)c3C)n2)cn1. The van der Waals surface area contributed by atoms with E-state index in [4.69, 9.17) is 0 Å². The van der Waals surface area contributed by atoms with Crippen molar-refractivity contribution in [2.24, 2.45) is 7.05 Å². The van der Waals surface area contributed by atoms with Crippen LogP contribution in [0.3, 0.4) is 0 Å². The topological polar surface area (TPSA) is 73.5 Å². The Balaban J connectivity index is 1.93. The number of alkyl halides is 3. The fraction of sp³-hybridized carbons (Fsp3) is 0.375.